The van der Waals surface area contributed by atoms with Gasteiger partial charge in [0.15, 0.2) is 0 Å². The molecule has 15 atom stereocenters. The van der Waals surface area contributed by atoms with Crippen molar-refractivity contribution in [1.29, 1.82) is 0 Å². The molecule has 0 aliphatic heterocycles. The van der Waals surface area contributed by atoms with Crippen LogP contribution in [0.2, 0.25) is 0 Å². The van der Waals surface area contributed by atoms with Crippen LogP contribution in [-0.4, -0.2) is 0 Å². The standard InChI is InChI=1S/C46H78/c1-7-29(8-2)37-21-38(30(9-3)10-4)27-46(26-37)43-18-17-39-40-22-34-16-15-31(28(5)6)19-35(34)20-36(40)24-41(39)45(43)42-23-32-13-11-12-14-33(32)25-44(42)46/h28-45H,7-27H2,1-6H3. The molecule has 8 fully saturated rings. The molecule has 8 rings (SSSR count). The van der Waals surface area contributed by atoms with Crippen LogP contribution in [0.1, 0.15) is 176 Å². The van der Waals surface area contributed by atoms with Gasteiger partial charge in [-0.25, -0.2) is 0 Å². The van der Waals surface area contributed by atoms with Gasteiger partial charge < -0.3 is 0 Å². The van der Waals surface area contributed by atoms with Crippen molar-refractivity contribution >= 4 is 0 Å². The van der Waals surface area contributed by atoms with E-state index in [9.17, 15) is 0 Å². The minimum Gasteiger partial charge on any atom is -0.0651 e. The first kappa shape index (κ1) is 33.2. The fourth-order valence-corrected chi connectivity index (χ4v) is 17.5. The number of hydrogen-bond acceptors (Lipinski definition) is 0. The first-order valence-electron chi connectivity index (χ1n) is 22.4. The zero-order valence-corrected chi connectivity index (χ0v) is 31.7. The maximum atomic E-state index is 2.56. The van der Waals surface area contributed by atoms with E-state index in [1.807, 2.05) is 0 Å². The van der Waals surface area contributed by atoms with Crippen molar-refractivity contribution in [3.8, 4) is 0 Å². The largest absolute Gasteiger partial charge is 0.0651 e. The second-order valence-corrected chi connectivity index (χ2v) is 20.7. The van der Waals surface area contributed by atoms with Gasteiger partial charge in [0, 0.05) is 0 Å². The van der Waals surface area contributed by atoms with E-state index in [2.05, 4.69) is 41.5 Å². The van der Waals surface area contributed by atoms with Crippen LogP contribution in [0.4, 0.5) is 0 Å². The third kappa shape index (κ3) is 5.38. The summed E-state index contributed by atoms with van der Waals surface area (Å²) in [4.78, 5) is 0. The lowest BCUT2D eigenvalue weighted by atomic mass is 9.49. The van der Waals surface area contributed by atoms with Crippen molar-refractivity contribution in [2.24, 2.45) is 112 Å². The van der Waals surface area contributed by atoms with Crippen LogP contribution in [0.15, 0.2) is 0 Å². The molecule has 0 saturated heterocycles. The Morgan fingerprint density at radius 3 is 1.72 bits per heavy atom. The van der Waals surface area contributed by atoms with Crippen molar-refractivity contribution in [1.82, 2.24) is 0 Å². The Hall–Kier alpha value is 0. The van der Waals surface area contributed by atoms with E-state index in [-0.39, 0.29) is 0 Å². The lowest BCUT2D eigenvalue weighted by molar-refractivity contribution is -0.0623. The predicted molar refractivity (Wildman–Crippen MR) is 196 cm³/mol. The van der Waals surface area contributed by atoms with Gasteiger partial charge in [-0.05, 0) is 195 Å². The van der Waals surface area contributed by atoms with Gasteiger partial charge in [-0.15, -0.1) is 0 Å². The SMILES string of the molecule is CCC(CC)C1CC(C(CC)CC)CC2(C1)C1CC3CCCCC3CC1C1C3CC4CC5CC(C(C)C)CCC5CC4C3CCC12. The highest BCUT2D eigenvalue weighted by Crippen LogP contribution is 2.75. The third-order valence-electron chi connectivity index (χ3n) is 19.4. The number of fused-ring (bicyclic) bond motifs is 11. The van der Waals surface area contributed by atoms with E-state index >= 15 is 0 Å². The molecular weight excluding hydrogens is 553 g/mol. The van der Waals surface area contributed by atoms with Crippen LogP contribution >= 0.6 is 0 Å². The first-order valence-corrected chi connectivity index (χ1v) is 22.4. The summed E-state index contributed by atoms with van der Waals surface area (Å²) < 4.78 is 0. The molecule has 1 spiro atoms. The molecule has 8 saturated carbocycles. The minimum absolute atomic E-state index is 0.716. The maximum absolute atomic E-state index is 2.56. The highest BCUT2D eigenvalue weighted by Gasteiger charge is 2.68. The monoisotopic (exact) mass is 631 g/mol. The predicted octanol–water partition coefficient (Wildman–Crippen LogP) is 13.5. The average Bonchev–Trinajstić information content (AvgIpc) is 3.55. The molecule has 15 unspecified atom stereocenters. The zero-order valence-electron chi connectivity index (χ0n) is 31.7. The molecule has 262 valence electrons. The third-order valence-corrected chi connectivity index (χ3v) is 19.4. The lowest BCUT2D eigenvalue weighted by Crippen LogP contribution is -2.47. The van der Waals surface area contributed by atoms with E-state index in [1.54, 1.807) is 109 Å². The van der Waals surface area contributed by atoms with Gasteiger partial charge in [0.25, 0.3) is 0 Å². The smallest absolute Gasteiger partial charge is 0.0230 e. The van der Waals surface area contributed by atoms with Crippen molar-refractivity contribution in [2.75, 3.05) is 0 Å². The fraction of sp³-hybridized carbons (Fsp3) is 1.00. The van der Waals surface area contributed by atoms with Crippen LogP contribution in [0.25, 0.3) is 0 Å². The molecule has 0 radical (unpaired) electrons. The van der Waals surface area contributed by atoms with E-state index < -0.39 is 0 Å². The first-order chi connectivity index (χ1) is 22.4. The van der Waals surface area contributed by atoms with Crippen LogP contribution < -0.4 is 0 Å². The van der Waals surface area contributed by atoms with Crippen molar-refractivity contribution < 1.29 is 0 Å². The lowest BCUT2D eigenvalue weighted by Gasteiger charge is -2.55. The van der Waals surface area contributed by atoms with Gasteiger partial charge in [-0.2, -0.15) is 0 Å². The van der Waals surface area contributed by atoms with Crippen molar-refractivity contribution in [3.05, 3.63) is 0 Å². The molecule has 0 aromatic carbocycles. The second-order valence-electron chi connectivity index (χ2n) is 20.7. The number of hydrogen-bond donors (Lipinski definition) is 0. The summed E-state index contributed by atoms with van der Waals surface area (Å²) in [5, 5.41) is 0. The molecule has 0 heterocycles. The summed E-state index contributed by atoms with van der Waals surface area (Å²) in [6.45, 7) is 15.3. The molecule has 0 N–H and O–H groups in total. The van der Waals surface area contributed by atoms with Crippen LogP contribution in [0.3, 0.4) is 0 Å². The maximum Gasteiger partial charge on any atom is -0.0230 e. The summed E-state index contributed by atoms with van der Waals surface area (Å²) in [5.41, 5.74) is 0.716. The van der Waals surface area contributed by atoms with Gasteiger partial charge >= 0.3 is 0 Å². The molecule has 0 amide bonds. The van der Waals surface area contributed by atoms with E-state index in [0.717, 1.165) is 107 Å². The van der Waals surface area contributed by atoms with E-state index in [1.165, 1.54) is 25.7 Å². The summed E-state index contributed by atoms with van der Waals surface area (Å²) in [6.07, 6.45) is 33.4. The fourth-order valence-electron chi connectivity index (χ4n) is 17.5. The van der Waals surface area contributed by atoms with Gasteiger partial charge in [0.1, 0.15) is 0 Å². The van der Waals surface area contributed by atoms with Crippen molar-refractivity contribution in [3.63, 3.8) is 0 Å². The highest BCUT2D eigenvalue weighted by molar-refractivity contribution is 5.17. The molecule has 0 aromatic heterocycles. The average molecular weight is 631 g/mol. The molecular formula is C46H78. The Balaban J connectivity index is 1.13. The zero-order chi connectivity index (χ0) is 31.7. The highest BCUT2D eigenvalue weighted by atomic mass is 14.7. The van der Waals surface area contributed by atoms with E-state index in [0.29, 0.717) is 5.41 Å². The quantitative estimate of drug-likeness (QED) is 0.262. The molecule has 0 heteroatoms. The minimum atomic E-state index is 0.716. The molecule has 46 heavy (non-hydrogen) atoms. The summed E-state index contributed by atoms with van der Waals surface area (Å²) in [6, 6.07) is 0. The van der Waals surface area contributed by atoms with Gasteiger partial charge in [-0.1, -0.05) is 92.9 Å². The van der Waals surface area contributed by atoms with Gasteiger partial charge in [0.2, 0.25) is 0 Å². The molecule has 0 bridgehead atoms. The Kier molecular flexibility index (Phi) is 9.57. The Labute approximate surface area is 287 Å². The Morgan fingerprint density at radius 1 is 0.457 bits per heavy atom. The van der Waals surface area contributed by atoms with Crippen LogP contribution in [0, 0.1) is 112 Å². The molecule has 8 aliphatic rings. The molecule has 0 aromatic rings. The number of rotatable bonds is 7. The van der Waals surface area contributed by atoms with Crippen molar-refractivity contribution in [2.45, 2.75) is 176 Å². The summed E-state index contributed by atoms with van der Waals surface area (Å²) in [5.74, 6) is 19.3. The molecule has 8 aliphatic carbocycles. The summed E-state index contributed by atoms with van der Waals surface area (Å²) >= 11 is 0. The normalized spacial score (nSPS) is 51.5. The topological polar surface area (TPSA) is 0 Å². The van der Waals surface area contributed by atoms with E-state index in [4.69, 9.17) is 0 Å². The van der Waals surface area contributed by atoms with Gasteiger partial charge in [0.05, 0.1) is 0 Å². The van der Waals surface area contributed by atoms with Crippen LogP contribution in [-0.2, 0) is 0 Å². The second kappa shape index (κ2) is 13.3. The Morgan fingerprint density at radius 2 is 1.07 bits per heavy atom. The van der Waals surface area contributed by atoms with Gasteiger partial charge in [-0.3, -0.25) is 0 Å². The molecule has 0 nitrogen and oxygen atoms in total. The van der Waals surface area contributed by atoms with Crippen LogP contribution in [0.5, 0.6) is 0 Å². The summed E-state index contributed by atoms with van der Waals surface area (Å²) in [7, 11) is 0. The Bertz CT molecular complexity index is 995.